The van der Waals surface area contributed by atoms with Gasteiger partial charge in [0, 0.05) is 25.7 Å². The van der Waals surface area contributed by atoms with E-state index in [1.54, 1.807) is 0 Å². The van der Waals surface area contributed by atoms with Crippen LogP contribution in [-0.4, -0.2) is 96.7 Å². The van der Waals surface area contributed by atoms with Crippen LogP contribution in [0.3, 0.4) is 0 Å². The smallest absolute Gasteiger partial charge is 0.462 e. The van der Waals surface area contributed by atoms with E-state index in [0.29, 0.717) is 32.1 Å². The van der Waals surface area contributed by atoms with E-state index >= 15 is 0 Å². The van der Waals surface area contributed by atoms with E-state index in [1.165, 1.54) is 116 Å². The van der Waals surface area contributed by atoms with Gasteiger partial charge in [0.15, 0.2) is 12.2 Å². The first-order valence-electron chi connectivity index (χ1n) is 41.4. The molecule has 0 spiro atoms. The quantitative estimate of drug-likeness (QED) is 0.0169. The van der Waals surface area contributed by atoms with Crippen LogP contribution in [0.15, 0.2) is 134 Å². The van der Waals surface area contributed by atoms with Crippen molar-refractivity contribution in [3.8, 4) is 0 Å². The van der Waals surface area contributed by atoms with Crippen LogP contribution >= 0.6 is 15.6 Å². The van der Waals surface area contributed by atoms with Crippen molar-refractivity contribution < 1.29 is 80.2 Å². The molecular formula is C87H148O17P2. The molecule has 0 aliphatic rings. The van der Waals surface area contributed by atoms with Crippen LogP contribution in [0.25, 0.3) is 0 Å². The number of hydrogen-bond acceptors (Lipinski definition) is 15. The average molecular weight is 1530 g/mol. The van der Waals surface area contributed by atoms with Gasteiger partial charge >= 0.3 is 39.5 Å². The molecule has 0 rings (SSSR count). The van der Waals surface area contributed by atoms with Crippen LogP contribution in [0, 0.1) is 0 Å². The zero-order valence-electron chi connectivity index (χ0n) is 66.6. The Morgan fingerprint density at radius 3 is 0.849 bits per heavy atom. The maximum atomic E-state index is 13.1. The first-order valence-corrected chi connectivity index (χ1v) is 44.4. The van der Waals surface area contributed by atoms with E-state index in [1.807, 2.05) is 18.2 Å². The highest BCUT2D eigenvalue weighted by molar-refractivity contribution is 7.47. The lowest BCUT2D eigenvalue weighted by Gasteiger charge is -2.21. The van der Waals surface area contributed by atoms with Gasteiger partial charge in [-0.25, -0.2) is 9.13 Å². The van der Waals surface area contributed by atoms with Gasteiger partial charge in [-0.1, -0.05) is 309 Å². The van der Waals surface area contributed by atoms with Gasteiger partial charge in [0.2, 0.25) is 0 Å². The molecule has 0 amide bonds. The molecule has 106 heavy (non-hydrogen) atoms. The predicted octanol–water partition coefficient (Wildman–Crippen LogP) is 24.4. The number of hydrogen-bond donors (Lipinski definition) is 3. The Labute approximate surface area is 644 Å². The molecule has 17 nitrogen and oxygen atoms in total. The molecule has 0 fully saturated rings. The lowest BCUT2D eigenvalue weighted by molar-refractivity contribution is -0.161. The number of aliphatic hydroxyl groups excluding tert-OH is 1. The van der Waals surface area contributed by atoms with Crippen LogP contribution in [0.1, 0.15) is 336 Å². The number of unbranched alkanes of at least 4 members (excludes halogenated alkanes) is 29. The Morgan fingerprint density at radius 2 is 0.509 bits per heavy atom. The summed E-state index contributed by atoms with van der Waals surface area (Å²) in [5.74, 6) is -2.31. The Balaban J connectivity index is 5.47. The molecule has 0 saturated heterocycles. The minimum Gasteiger partial charge on any atom is -0.462 e. The lowest BCUT2D eigenvalue weighted by Crippen LogP contribution is -2.30. The van der Waals surface area contributed by atoms with Gasteiger partial charge in [-0.15, -0.1) is 0 Å². The van der Waals surface area contributed by atoms with E-state index in [2.05, 4.69) is 143 Å². The SMILES string of the molecule is CC/C=C\C/C=C\C/C=C\C/C=C\C/C=C\CCCCCC(=O)O[C@H](COC(=O)CCCCCCCCCCCCCCC)COP(=O)(O)OC[C@H](O)COP(=O)(O)OC[C@@H](COC(=O)CCCCCCC/C=C\CCCCCCCC)OC(=O)CC/C=C\C/C=C\C/C=C\C/C=C\C/C=C\CCCCC. The molecule has 0 aliphatic heterocycles. The van der Waals surface area contributed by atoms with Gasteiger partial charge in [-0.2, -0.15) is 0 Å². The van der Waals surface area contributed by atoms with Crippen molar-refractivity contribution in [2.75, 3.05) is 39.6 Å². The topological polar surface area (TPSA) is 237 Å². The van der Waals surface area contributed by atoms with Crippen molar-refractivity contribution in [1.29, 1.82) is 0 Å². The van der Waals surface area contributed by atoms with Gasteiger partial charge in [-0.3, -0.25) is 37.3 Å². The monoisotopic (exact) mass is 1530 g/mol. The highest BCUT2D eigenvalue weighted by Gasteiger charge is 2.30. The first kappa shape index (κ1) is 101. The van der Waals surface area contributed by atoms with Gasteiger partial charge in [-0.05, 0) is 135 Å². The number of phosphoric ester groups is 2. The van der Waals surface area contributed by atoms with Crippen molar-refractivity contribution in [3.05, 3.63) is 134 Å². The van der Waals surface area contributed by atoms with Gasteiger partial charge in [0.05, 0.1) is 26.4 Å². The molecule has 5 atom stereocenters. The summed E-state index contributed by atoms with van der Waals surface area (Å²) in [5, 5.41) is 10.7. The lowest BCUT2D eigenvalue weighted by atomic mass is 10.0. The number of carbonyl (C=O) groups is 4. The fourth-order valence-corrected chi connectivity index (χ4v) is 12.4. The number of esters is 4. The van der Waals surface area contributed by atoms with Crippen molar-refractivity contribution >= 4 is 39.5 Å². The molecule has 0 aromatic heterocycles. The molecule has 0 aromatic rings. The third-order valence-electron chi connectivity index (χ3n) is 17.1. The largest absolute Gasteiger partial charge is 0.472 e. The van der Waals surface area contributed by atoms with E-state index < -0.39 is 97.5 Å². The molecule has 0 bridgehead atoms. The summed E-state index contributed by atoms with van der Waals surface area (Å²) < 4.78 is 68.6. The molecule has 0 aliphatic carbocycles. The second-order valence-corrected chi connectivity index (χ2v) is 30.2. The second-order valence-electron chi connectivity index (χ2n) is 27.3. The van der Waals surface area contributed by atoms with Crippen molar-refractivity contribution in [2.24, 2.45) is 0 Å². The van der Waals surface area contributed by atoms with Gasteiger partial charge in [0.1, 0.15) is 19.3 Å². The summed E-state index contributed by atoms with van der Waals surface area (Å²) in [6.45, 7) is 4.62. The number of phosphoric acid groups is 2. The molecule has 0 heterocycles. The Morgan fingerprint density at radius 1 is 0.274 bits per heavy atom. The summed E-state index contributed by atoms with van der Waals surface area (Å²) in [5.41, 5.74) is 0. The maximum Gasteiger partial charge on any atom is 0.472 e. The summed E-state index contributed by atoms with van der Waals surface area (Å²) in [7, 11) is -10.0. The maximum absolute atomic E-state index is 13.1. The first-order chi connectivity index (χ1) is 51.7. The van der Waals surface area contributed by atoms with Crippen LogP contribution < -0.4 is 0 Å². The average Bonchev–Trinajstić information content (AvgIpc) is 0.937. The number of aliphatic hydroxyl groups is 1. The molecule has 2 unspecified atom stereocenters. The predicted molar refractivity (Wildman–Crippen MR) is 436 cm³/mol. The number of rotatable bonds is 77. The number of allylic oxidation sites excluding steroid dienone is 22. The Hall–Kier alpha value is -4.80. The summed E-state index contributed by atoms with van der Waals surface area (Å²) in [6, 6.07) is 0. The third-order valence-corrected chi connectivity index (χ3v) is 19.0. The Bertz CT molecular complexity index is 2530. The minimum atomic E-state index is -5.00. The van der Waals surface area contributed by atoms with Crippen LogP contribution in [0.5, 0.6) is 0 Å². The highest BCUT2D eigenvalue weighted by atomic mass is 31.2. The van der Waals surface area contributed by atoms with E-state index in [4.69, 9.17) is 37.0 Å². The molecule has 0 radical (unpaired) electrons. The normalized spacial score (nSPS) is 14.5. The molecule has 3 N–H and O–H groups in total. The summed E-state index contributed by atoms with van der Waals surface area (Å²) >= 11 is 0. The number of carbonyl (C=O) groups excluding carboxylic acids is 4. The number of ether oxygens (including phenoxy) is 4. The molecular weight excluding hydrogens is 1380 g/mol. The van der Waals surface area contributed by atoms with Gasteiger partial charge < -0.3 is 33.8 Å². The van der Waals surface area contributed by atoms with Crippen molar-refractivity contribution in [1.82, 2.24) is 0 Å². The van der Waals surface area contributed by atoms with E-state index in [9.17, 15) is 43.2 Å². The fraction of sp³-hybridized carbons (Fsp3) is 0.701. The Kier molecular flexibility index (Phi) is 74.8. The van der Waals surface area contributed by atoms with Gasteiger partial charge in [0.25, 0.3) is 0 Å². The highest BCUT2D eigenvalue weighted by Crippen LogP contribution is 2.45. The van der Waals surface area contributed by atoms with Crippen LogP contribution in [0.2, 0.25) is 0 Å². The molecule has 608 valence electrons. The second kappa shape index (κ2) is 78.3. The summed E-state index contributed by atoms with van der Waals surface area (Å²) in [4.78, 5) is 73.1. The zero-order chi connectivity index (χ0) is 77.4. The third kappa shape index (κ3) is 77.4. The molecule has 0 aromatic carbocycles. The van der Waals surface area contributed by atoms with Crippen molar-refractivity contribution in [2.45, 2.75) is 354 Å². The molecule has 19 heteroatoms. The standard InChI is InChI=1S/C87H148O17P2/c1-5-9-13-17-21-25-29-33-36-38-40-42-45-49-53-57-61-65-69-73-86(91)103-82(77-97-84(89)71-67-63-59-55-51-47-32-28-24-20-16-12-8-4)79-101-105(93,94)99-75-81(88)76-100-106(95,96)102-80-83(78-98-85(90)72-68-64-60-56-52-48-44-35-31-27-23-19-15-11-7-3)104-87(92)74-70-66-62-58-54-50-46-43-41-39-37-34-30-26-22-18-14-10-6-2/h9,13,21-22,25-26,33-37,40-44,49-50,53-54,62,66,81-83,88H,5-8,10-12,14-20,23-24,27-32,38-39,45-48,51-52,55-61,63-65,67-80H2,1-4H3,(H,93,94)(H,95,96)/b13-9-,25-21-,26-22-,36-33-,37-34-,42-40-,43-41-,44-35-,53-49-,54-50-,66-62-/t81-,82+,83+/m0/s1. The van der Waals surface area contributed by atoms with Crippen LogP contribution in [-0.2, 0) is 65.4 Å². The fourth-order valence-electron chi connectivity index (χ4n) is 10.8. The van der Waals surface area contributed by atoms with Crippen LogP contribution in [0.4, 0.5) is 0 Å². The minimum absolute atomic E-state index is 0.0326. The van der Waals surface area contributed by atoms with E-state index in [-0.39, 0.29) is 25.7 Å². The summed E-state index contributed by atoms with van der Waals surface area (Å²) in [6.07, 6.45) is 88.7. The zero-order valence-corrected chi connectivity index (χ0v) is 68.4. The van der Waals surface area contributed by atoms with Crippen molar-refractivity contribution in [3.63, 3.8) is 0 Å². The van der Waals surface area contributed by atoms with E-state index in [0.717, 1.165) is 135 Å². The molecule has 0 saturated carbocycles.